The van der Waals surface area contributed by atoms with Gasteiger partial charge in [-0.15, -0.1) is 0 Å². The van der Waals surface area contributed by atoms with Gasteiger partial charge in [-0.25, -0.2) is 0 Å². The van der Waals surface area contributed by atoms with Gasteiger partial charge in [0.2, 0.25) is 0 Å². The number of allylic oxidation sites excluding steroid dienone is 2. The molecule has 1 N–H and O–H groups in total. The number of ether oxygens (including phenoxy) is 1. The molecule has 2 aromatic rings. The van der Waals surface area contributed by atoms with Crippen molar-refractivity contribution < 1.29 is 14.6 Å². The molecule has 0 unspecified atom stereocenters. The molecule has 0 aromatic carbocycles. The van der Waals surface area contributed by atoms with E-state index in [4.69, 9.17) is 4.74 Å². The summed E-state index contributed by atoms with van der Waals surface area (Å²) in [5, 5.41) is 9.98. The number of esters is 1. The second-order valence-electron chi connectivity index (χ2n) is 10.7. The second-order valence-corrected chi connectivity index (χ2v) is 10.7. The summed E-state index contributed by atoms with van der Waals surface area (Å²) in [4.78, 5) is 24.6. The van der Waals surface area contributed by atoms with E-state index in [9.17, 15) is 9.90 Å². The number of rotatable bonds is 5. The van der Waals surface area contributed by atoms with Crippen LogP contribution >= 0.6 is 0 Å². The summed E-state index contributed by atoms with van der Waals surface area (Å²) in [5.41, 5.74) is 7.56. The van der Waals surface area contributed by atoms with E-state index in [1.165, 1.54) is 34.9 Å². The SMILES string of the molecule is CC(=O)O[C@H]1CCN(C)[C@@H]1CC1=CCc2ncccc21.CN1CC[C@H](O)[C@H]1CC1=CCc2ncccc21. The summed E-state index contributed by atoms with van der Waals surface area (Å²) < 4.78 is 5.47. The van der Waals surface area contributed by atoms with E-state index in [2.05, 4.69) is 58.1 Å². The molecule has 196 valence electrons. The molecular formula is C30H38N4O3. The van der Waals surface area contributed by atoms with Crippen molar-refractivity contribution in [3.05, 3.63) is 71.3 Å². The van der Waals surface area contributed by atoms with Gasteiger partial charge >= 0.3 is 5.97 Å². The lowest BCUT2D eigenvalue weighted by Gasteiger charge is -2.25. The van der Waals surface area contributed by atoms with Crippen molar-refractivity contribution in [3.63, 3.8) is 0 Å². The Balaban J connectivity index is 0.000000153. The highest BCUT2D eigenvalue weighted by molar-refractivity contribution is 5.73. The van der Waals surface area contributed by atoms with Crippen LogP contribution < -0.4 is 0 Å². The van der Waals surface area contributed by atoms with Gasteiger partial charge in [0.25, 0.3) is 0 Å². The number of pyridine rings is 2. The zero-order valence-corrected chi connectivity index (χ0v) is 22.1. The Hall–Kier alpha value is -2.87. The number of likely N-dealkylation sites (N-methyl/N-ethyl adjacent to an activating group) is 2. The summed E-state index contributed by atoms with van der Waals surface area (Å²) in [5.74, 6) is -0.183. The fourth-order valence-corrected chi connectivity index (χ4v) is 6.17. The molecule has 4 aliphatic rings. The van der Waals surface area contributed by atoms with Crippen LogP contribution in [0.1, 0.15) is 55.1 Å². The smallest absolute Gasteiger partial charge is 0.302 e. The zero-order chi connectivity index (χ0) is 25.9. The standard InChI is InChI=1S/C16H20N2O2.C14H18N2O/c1-11(19)20-16-7-9-18(2)15(16)10-12-5-6-14-13(12)4-3-8-17-14;1-16-8-6-14(17)13(16)9-10-4-5-12-11(10)3-2-7-15-12/h3-5,8,15-16H,6-7,9-10H2,1-2H3;2-4,7,13-14,17H,5-6,8-9H2,1H3/t15-,16+;13-,14+/m11/s1. The number of aliphatic hydroxyl groups is 1. The molecule has 2 fully saturated rings. The first-order valence-electron chi connectivity index (χ1n) is 13.4. The number of carbonyl (C=O) groups excluding carboxylic acids is 1. The normalized spacial score (nSPS) is 26.7. The average Bonchev–Trinajstić information content (AvgIpc) is 3.65. The maximum Gasteiger partial charge on any atom is 0.302 e. The maximum atomic E-state index is 11.2. The summed E-state index contributed by atoms with van der Waals surface area (Å²) in [7, 11) is 4.20. The number of likely N-dealkylation sites (tertiary alicyclic amines) is 2. The lowest BCUT2D eigenvalue weighted by Crippen LogP contribution is -2.34. The van der Waals surface area contributed by atoms with Crippen molar-refractivity contribution in [2.75, 3.05) is 27.2 Å². The molecule has 4 heterocycles. The largest absolute Gasteiger partial charge is 0.461 e. The third-order valence-corrected chi connectivity index (χ3v) is 8.28. The van der Waals surface area contributed by atoms with Crippen LogP contribution in [-0.2, 0) is 22.4 Å². The Morgan fingerprint density at radius 2 is 1.46 bits per heavy atom. The van der Waals surface area contributed by atoms with Crippen molar-refractivity contribution in [2.24, 2.45) is 0 Å². The van der Waals surface area contributed by atoms with Gasteiger partial charge < -0.3 is 14.7 Å². The molecule has 2 saturated heterocycles. The predicted molar refractivity (Wildman–Crippen MR) is 145 cm³/mol. The highest BCUT2D eigenvalue weighted by Gasteiger charge is 2.35. The van der Waals surface area contributed by atoms with E-state index in [-0.39, 0.29) is 30.3 Å². The Kier molecular flexibility index (Phi) is 7.84. The Bertz CT molecular complexity index is 1180. The fraction of sp³-hybridized carbons (Fsp3) is 0.500. The van der Waals surface area contributed by atoms with E-state index < -0.39 is 0 Å². The molecule has 0 bridgehead atoms. The lowest BCUT2D eigenvalue weighted by atomic mass is 9.98. The number of aromatic nitrogens is 2. The highest BCUT2D eigenvalue weighted by atomic mass is 16.5. The molecule has 0 amide bonds. The van der Waals surface area contributed by atoms with Gasteiger partial charge in [0, 0.05) is 51.3 Å². The Morgan fingerprint density at radius 3 is 2.00 bits per heavy atom. The molecular weight excluding hydrogens is 464 g/mol. The highest BCUT2D eigenvalue weighted by Crippen LogP contribution is 2.34. The van der Waals surface area contributed by atoms with Crippen LogP contribution in [0.15, 0.2) is 48.8 Å². The molecule has 2 aliphatic heterocycles. The van der Waals surface area contributed by atoms with Gasteiger partial charge in [-0.1, -0.05) is 24.3 Å². The molecule has 37 heavy (non-hydrogen) atoms. The molecule has 2 aliphatic carbocycles. The van der Waals surface area contributed by atoms with Gasteiger partial charge in [0.1, 0.15) is 6.10 Å². The minimum atomic E-state index is -0.183. The van der Waals surface area contributed by atoms with Crippen LogP contribution in [0, 0.1) is 0 Å². The number of hydrogen-bond donors (Lipinski definition) is 1. The van der Waals surface area contributed by atoms with Gasteiger partial charge in [-0.2, -0.15) is 0 Å². The summed E-state index contributed by atoms with van der Waals surface area (Å²) >= 11 is 0. The van der Waals surface area contributed by atoms with Crippen LogP contribution in [0.3, 0.4) is 0 Å². The van der Waals surface area contributed by atoms with Crippen molar-refractivity contribution in [2.45, 2.75) is 69.7 Å². The van der Waals surface area contributed by atoms with Crippen molar-refractivity contribution in [1.29, 1.82) is 0 Å². The van der Waals surface area contributed by atoms with Crippen LogP contribution in [0.4, 0.5) is 0 Å². The number of fused-ring (bicyclic) bond motifs is 2. The van der Waals surface area contributed by atoms with Crippen LogP contribution in [0.5, 0.6) is 0 Å². The van der Waals surface area contributed by atoms with Gasteiger partial charge in [0.05, 0.1) is 23.5 Å². The third-order valence-electron chi connectivity index (χ3n) is 8.28. The van der Waals surface area contributed by atoms with E-state index in [1.807, 2.05) is 24.5 Å². The van der Waals surface area contributed by atoms with Crippen molar-refractivity contribution >= 4 is 17.1 Å². The van der Waals surface area contributed by atoms with Gasteiger partial charge in [0.15, 0.2) is 0 Å². The summed E-state index contributed by atoms with van der Waals surface area (Å²) in [6, 6.07) is 8.80. The molecule has 0 saturated carbocycles. The molecule has 0 spiro atoms. The van der Waals surface area contributed by atoms with E-state index >= 15 is 0 Å². The molecule has 0 radical (unpaired) electrons. The number of aliphatic hydroxyl groups excluding tert-OH is 1. The molecule has 4 atom stereocenters. The quantitative estimate of drug-likeness (QED) is 0.627. The molecule has 2 aromatic heterocycles. The number of carbonyl (C=O) groups is 1. The van der Waals surface area contributed by atoms with Crippen LogP contribution in [0.25, 0.3) is 11.1 Å². The molecule has 7 nitrogen and oxygen atoms in total. The van der Waals surface area contributed by atoms with E-state index in [0.29, 0.717) is 0 Å². The third kappa shape index (κ3) is 5.69. The average molecular weight is 503 g/mol. The minimum absolute atomic E-state index is 0.0131. The zero-order valence-electron chi connectivity index (χ0n) is 22.1. The Morgan fingerprint density at radius 1 is 0.919 bits per heavy atom. The summed E-state index contributed by atoms with van der Waals surface area (Å²) in [6.45, 7) is 3.47. The molecule has 7 heteroatoms. The second kappa shape index (κ2) is 11.3. The fourth-order valence-electron chi connectivity index (χ4n) is 6.17. The first kappa shape index (κ1) is 25.8. The monoisotopic (exact) mass is 502 g/mol. The maximum absolute atomic E-state index is 11.2. The first-order chi connectivity index (χ1) is 17.9. The predicted octanol–water partition coefficient (Wildman–Crippen LogP) is 3.52. The molecule has 6 rings (SSSR count). The summed E-state index contributed by atoms with van der Waals surface area (Å²) in [6.07, 6.45) is 13.6. The Labute approximate surface area is 219 Å². The van der Waals surface area contributed by atoms with Crippen molar-refractivity contribution in [1.82, 2.24) is 19.8 Å². The topological polar surface area (TPSA) is 78.8 Å². The van der Waals surface area contributed by atoms with E-state index in [1.54, 1.807) is 0 Å². The van der Waals surface area contributed by atoms with Gasteiger partial charge in [-0.05, 0) is 74.2 Å². The number of hydrogen-bond acceptors (Lipinski definition) is 7. The van der Waals surface area contributed by atoms with Crippen LogP contribution in [0.2, 0.25) is 0 Å². The van der Waals surface area contributed by atoms with Crippen molar-refractivity contribution in [3.8, 4) is 0 Å². The van der Waals surface area contributed by atoms with Gasteiger partial charge in [-0.3, -0.25) is 19.7 Å². The van der Waals surface area contributed by atoms with Crippen LogP contribution in [-0.4, -0.2) is 82.3 Å². The first-order valence-corrected chi connectivity index (χ1v) is 13.4. The minimum Gasteiger partial charge on any atom is -0.461 e. The number of nitrogens with zero attached hydrogens (tertiary/aromatic N) is 4. The van der Waals surface area contributed by atoms with E-state index in [0.717, 1.165) is 57.3 Å². The lowest BCUT2D eigenvalue weighted by molar-refractivity contribution is -0.147.